The van der Waals surface area contributed by atoms with Gasteiger partial charge >= 0.3 is 6.03 Å². The van der Waals surface area contributed by atoms with E-state index in [1.165, 1.54) is 4.90 Å². The number of urea groups is 1. The normalized spacial score (nSPS) is 25.0. The molecule has 1 unspecified atom stereocenters. The summed E-state index contributed by atoms with van der Waals surface area (Å²) in [6.07, 6.45) is 6.81. The number of unbranched alkanes of at least 4 members (excludes halogenated alkanes) is 2. The van der Waals surface area contributed by atoms with Gasteiger partial charge in [0.2, 0.25) is 11.8 Å². The first-order chi connectivity index (χ1) is 9.15. The van der Waals surface area contributed by atoms with Gasteiger partial charge in [-0.2, -0.15) is 0 Å². The molecule has 19 heavy (non-hydrogen) atoms. The Morgan fingerprint density at radius 1 is 1.16 bits per heavy atom. The molecule has 1 N–H and O–H groups in total. The lowest BCUT2D eigenvalue weighted by Gasteiger charge is -2.32. The van der Waals surface area contributed by atoms with Gasteiger partial charge < -0.3 is 0 Å². The van der Waals surface area contributed by atoms with Gasteiger partial charge in [0.1, 0.15) is 5.92 Å². The summed E-state index contributed by atoms with van der Waals surface area (Å²) < 4.78 is 0. The van der Waals surface area contributed by atoms with Crippen molar-refractivity contribution < 1.29 is 14.4 Å². The van der Waals surface area contributed by atoms with E-state index in [1.807, 2.05) is 0 Å². The van der Waals surface area contributed by atoms with E-state index < -0.39 is 17.9 Å². The molecule has 1 atom stereocenters. The number of nitrogens with zero attached hydrogens (tertiary/aromatic N) is 1. The molecule has 1 saturated carbocycles. The predicted molar refractivity (Wildman–Crippen MR) is 70.2 cm³/mol. The molecule has 5 nitrogen and oxygen atoms in total. The number of imide groups is 2. The van der Waals surface area contributed by atoms with Crippen molar-refractivity contribution in [3.8, 4) is 0 Å². The summed E-state index contributed by atoms with van der Waals surface area (Å²) in [7, 11) is 0. The van der Waals surface area contributed by atoms with Crippen LogP contribution in [0.4, 0.5) is 4.79 Å². The molecule has 2 fully saturated rings. The minimum atomic E-state index is -0.637. The zero-order valence-corrected chi connectivity index (χ0v) is 11.5. The third-order valence-electron chi connectivity index (χ3n) is 4.15. The van der Waals surface area contributed by atoms with Crippen LogP contribution in [0.1, 0.15) is 51.9 Å². The second kappa shape index (κ2) is 6.17. The maximum absolute atomic E-state index is 12.4. The van der Waals surface area contributed by atoms with Gasteiger partial charge in [-0.1, -0.05) is 32.6 Å². The summed E-state index contributed by atoms with van der Waals surface area (Å²) in [4.78, 5) is 37.2. The molecule has 0 aromatic heterocycles. The minimum absolute atomic E-state index is 0.120. The monoisotopic (exact) mass is 266 g/mol. The molecule has 0 bridgehead atoms. The Hall–Kier alpha value is -1.39. The van der Waals surface area contributed by atoms with Crippen molar-refractivity contribution in [2.24, 2.45) is 11.8 Å². The highest BCUT2D eigenvalue weighted by Crippen LogP contribution is 2.33. The highest BCUT2D eigenvalue weighted by molar-refractivity contribution is 6.16. The number of barbiturate groups is 1. The van der Waals surface area contributed by atoms with Crippen LogP contribution in [0.3, 0.4) is 0 Å². The van der Waals surface area contributed by atoms with Crippen LogP contribution in [0.2, 0.25) is 0 Å². The predicted octanol–water partition coefficient (Wildman–Crippen LogP) is 2.06. The van der Waals surface area contributed by atoms with Gasteiger partial charge in [-0.25, -0.2) is 4.79 Å². The standard InChI is InChI=1S/C14H22N2O3/c1-2-3-6-9-16-13(18)11(10-7-4-5-8-10)12(17)15-14(16)19/h10-11H,2-9H2,1H3,(H,15,17,19). The van der Waals surface area contributed by atoms with Gasteiger partial charge in [-0.3, -0.25) is 19.8 Å². The molecule has 1 aliphatic carbocycles. The summed E-state index contributed by atoms with van der Waals surface area (Å²) in [5, 5.41) is 2.34. The van der Waals surface area contributed by atoms with Gasteiger partial charge in [0, 0.05) is 6.54 Å². The molecule has 106 valence electrons. The van der Waals surface area contributed by atoms with Gasteiger partial charge in [0.25, 0.3) is 0 Å². The molecule has 0 aromatic rings. The SMILES string of the molecule is CCCCCN1C(=O)NC(=O)C(C2CCCC2)C1=O. The van der Waals surface area contributed by atoms with Crippen molar-refractivity contribution in [2.75, 3.05) is 6.54 Å². The fourth-order valence-corrected chi connectivity index (χ4v) is 3.07. The Morgan fingerprint density at radius 2 is 1.84 bits per heavy atom. The Balaban J connectivity index is 2.05. The Labute approximate surface area is 113 Å². The van der Waals surface area contributed by atoms with Crippen molar-refractivity contribution in [3.63, 3.8) is 0 Å². The van der Waals surface area contributed by atoms with Crippen LogP contribution in [0.15, 0.2) is 0 Å². The summed E-state index contributed by atoms with van der Waals surface area (Å²) >= 11 is 0. The molecule has 0 spiro atoms. The number of amides is 4. The number of hydrogen-bond acceptors (Lipinski definition) is 3. The van der Waals surface area contributed by atoms with Crippen molar-refractivity contribution in [3.05, 3.63) is 0 Å². The second-order valence-corrected chi connectivity index (χ2v) is 5.51. The van der Waals surface area contributed by atoms with Crippen LogP contribution in [-0.4, -0.2) is 29.3 Å². The third-order valence-corrected chi connectivity index (χ3v) is 4.15. The fraction of sp³-hybridized carbons (Fsp3) is 0.786. The third kappa shape index (κ3) is 2.96. The molecule has 2 rings (SSSR count). The Morgan fingerprint density at radius 3 is 2.47 bits per heavy atom. The average Bonchev–Trinajstić information content (AvgIpc) is 2.87. The first-order valence-electron chi connectivity index (χ1n) is 7.31. The summed E-state index contributed by atoms with van der Waals surface area (Å²) in [5.74, 6) is -1.19. The summed E-state index contributed by atoms with van der Waals surface area (Å²) in [5.41, 5.74) is 0. The van der Waals surface area contributed by atoms with Gasteiger partial charge in [-0.15, -0.1) is 0 Å². The van der Waals surface area contributed by atoms with E-state index in [2.05, 4.69) is 12.2 Å². The summed E-state index contributed by atoms with van der Waals surface area (Å²) in [6.45, 7) is 2.50. The number of rotatable bonds is 5. The first kappa shape index (κ1) is 14.0. The molecule has 4 amide bonds. The molecule has 2 aliphatic rings. The quantitative estimate of drug-likeness (QED) is 0.612. The lowest BCUT2D eigenvalue weighted by Crippen LogP contribution is -2.59. The largest absolute Gasteiger partial charge is 0.330 e. The van der Waals surface area contributed by atoms with E-state index in [9.17, 15) is 14.4 Å². The number of carbonyl (C=O) groups excluding carboxylic acids is 3. The van der Waals surface area contributed by atoms with Gasteiger partial charge in [-0.05, 0) is 25.2 Å². The summed E-state index contributed by atoms with van der Waals surface area (Å²) in [6, 6.07) is -0.541. The molecular weight excluding hydrogens is 244 g/mol. The van der Waals surface area contributed by atoms with Crippen LogP contribution >= 0.6 is 0 Å². The van der Waals surface area contributed by atoms with Gasteiger partial charge in [0.05, 0.1) is 0 Å². The highest BCUT2D eigenvalue weighted by Gasteiger charge is 2.44. The van der Waals surface area contributed by atoms with Crippen LogP contribution in [0.5, 0.6) is 0 Å². The molecule has 0 aromatic carbocycles. The molecule has 1 saturated heterocycles. The molecule has 0 radical (unpaired) electrons. The van der Waals surface area contributed by atoms with Crippen molar-refractivity contribution >= 4 is 17.8 Å². The maximum Gasteiger partial charge on any atom is 0.330 e. The average molecular weight is 266 g/mol. The van der Waals surface area contributed by atoms with Crippen LogP contribution in [-0.2, 0) is 9.59 Å². The lowest BCUT2D eigenvalue weighted by molar-refractivity contribution is -0.145. The lowest BCUT2D eigenvalue weighted by atomic mass is 9.87. The van der Waals surface area contributed by atoms with Crippen molar-refractivity contribution in [1.82, 2.24) is 10.2 Å². The number of hydrogen-bond donors (Lipinski definition) is 1. The van der Waals surface area contributed by atoms with Crippen LogP contribution in [0.25, 0.3) is 0 Å². The second-order valence-electron chi connectivity index (χ2n) is 5.51. The first-order valence-corrected chi connectivity index (χ1v) is 7.31. The van der Waals surface area contributed by atoms with E-state index in [1.54, 1.807) is 0 Å². The minimum Gasteiger partial charge on any atom is -0.277 e. The van der Waals surface area contributed by atoms with Crippen molar-refractivity contribution in [1.29, 1.82) is 0 Å². The Kier molecular flexibility index (Phi) is 4.56. The molecule has 1 heterocycles. The van der Waals surface area contributed by atoms with Crippen LogP contribution in [0, 0.1) is 11.8 Å². The van der Waals surface area contributed by atoms with Crippen LogP contribution < -0.4 is 5.32 Å². The molecular formula is C14H22N2O3. The fourth-order valence-electron chi connectivity index (χ4n) is 3.07. The number of carbonyl (C=O) groups is 3. The van der Waals surface area contributed by atoms with E-state index >= 15 is 0 Å². The van der Waals surface area contributed by atoms with Crippen molar-refractivity contribution in [2.45, 2.75) is 51.9 Å². The molecule has 5 heteroatoms. The highest BCUT2D eigenvalue weighted by atomic mass is 16.2. The zero-order valence-electron chi connectivity index (χ0n) is 11.5. The van der Waals surface area contributed by atoms with E-state index in [4.69, 9.17) is 0 Å². The van der Waals surface area contributed by atoms with E-state index in [0.717, 1.165) is 44.9 Å². The smallest absolute Gasteiger partial charge is 0.277 e. The maximum atomic E-state index is 12.4. The Bertz CT molecular complexity index is 375. The topological polar surface area (TPSA) is 66.5 Å². The van der Waals surface area contributed by atoms with Gasteiger partial charge in [0.15, 0.2) is 0 Å². The van der Waals surface area contributed by atoms with E-state index in [-0.39, 0.29) is 11.8 Å². The molecule has 1 aliphatic heterocycles. The van der Waals surface area contributed by atoms with E-state index in [0.29, 0.717) is 6.54 Å². The number of nitrogens with one attached hydrogen (secondary N) is 1. The zero-order chi connectivity index (χ0) is 13.8.